The molecule has 8 heteroatoms. The summed E-state index contributed by atoms with van der Waals surface area (Å²) in [4.78, 5) is 12.5. The van der Waals surface area contributed by atoms with E-state index in [9.17, 15) is 4.79 Å². The lowest BCUT2D eigenvalue weighted by Gasteiger charge is -2.11. The highest BCUT2D eigenvalue weighted by Crippen LogP contribution is 2.29. The highest BCUT2D eigenvalue weighted by atomic mass is 32.1. The normalized spacial score (nSPS) is 10.5. The average Bonchev–Trinajstić information content (AvgIpc) is 3.02. The summed E-state index contributed by atoms with van der Waals surface area (Å²) in [5, 5.41) is 9.86. The molecule has 140 valence electrons. The molecule has 0 unspecified atom stereocenters. The van der Waals surface area contributed by atoms with Gasteiger partial charge in [0.25, 0.3) is 0 Å². The Balaban J connectivity index is 1.81. The summed E-state index contributed by atoms with van der Waals surface area (Å²) in [5.74, 6) is 1.52. The number of aromatic nitrogens is 3. The van der Waals surface area contributed by atoms with E-state index >= 15 is 0 Å². The number of rotatable bonds is 6. The molecule has 2 N–H and O–H groups in total. The van der Waals surface area contributed by atoms with E-state index in [1.165, 1.54) is 0 Å². The van der Waals surface area contributed by atoms with Crippen molar-refractivity contribution < 1.29 is 14.3 Å². The van der Waals surface area contributed by atoms with Gasteiger partial charge in [0.15, 0.2) is 22.1 Å². The van der Waals surface area contributed by atoms with Gasteiger partial charge in [0.1, 0.15) is 6.54 Å². The van der Waals surface area contributed by atoms with E-state index in [2.05, 4.69) is 15.5 Å². The van der Waals surface area contributed by atoms with E-state index in [1.54, 1.807) is 37.0 Å². The van der Waals surface area contributed by atoms with Crippen molar-refractivity contribution in [3.8, 4) is 22.9 Å². The molecule has 2 aromatic carbocycles. The molecule has 0 aliphatic carbocycles. The molecule has 0 saturated heterocycles. The van der Waals surface area contributed by atoms with Crippen LogP contribution in [0.1, 0.15) is 5.56 Å². The Morgan fingerprint density at radius 3 is 2.67 bits per heavy atom. The van der Waals surface area contributed by atoms with Crippen molar-refractivity contribution in [2.45, 2.75) is 13.5 Å². The van der Waals surface area contributed by atoms with Crippen molar-refractivity contribution in [1.29, 1.82) is 0 Å². The maximum Gasteiger partial charge on any atom is 0.244 e. The fraction of sp³-hybridized carbons (Fsp3) is 0.211. The average molecular weight is 384 g/mol. The number of aryl methyl sites for hydroxylation is 1. The minimum Gasteiger partial charge on any atom is -0.493 e. The molecule has 1 heterocycles. The molecule has 3 rings (SSSR count). The SMILES string of the molecule is COc1ccc(NC(=O)Cn2c(-c3cccc(C)c3)n[nH]c2=S)cc1OC. The van der Waals surface area contributed by atoms with Gasteiger partial charge in [0.05, 0.1) is 14.2 Å². The lowest BCUT2D eigenvalue weighted by molar-refractivity contribution is -0.116. The molecular formula is C19H20N4O3S. The van der Waals surface area contributed by atoms with E-state index in [0.717, 1.165) is 11.1 Å². The van der Waals surface area contributed by atoms with Crippen molar-refractivity contribution >= 4 is 23.8 Å². The minimum absolute atomic E-state index is 0.0347. The summed E-state index contributed by atoms with van der Waals surface area (Å²) < 4.78 is 12.5. The summed E-state index contributed by atoms with van der Waals surface area (Å²) in [7, 11) is 3.10. The summed E-state index contributed by atoms with van der Waals surface area (Å²) in [6.07, 6.45) is 0. The predicted octanol–water partition coefficient (Wildman–Crippen LogP) is 3.57. The van der Waals surface area contributed by atoms with Gasteiger partial charge in [-0.05, 0) is 37.3 Å². The maximum absolute atomic E-state index is 12.5. The quantitative estimate of drug-likeness (QED) is 0.635. The fourth-order valence-electron chi connectivity index (χ4n) is 2.73. The third-order valence-corrected chi connectivity index (χ3v) is 4.32. The minimum atomic E-state index is -0.228. The second kappa shape index (κ2) is 8.05. The third kappa shape index (κ3) is 4.17. The zero-order chi connectivity index (χ0) is 19.4. The van der Waals surface area contributed by atoms with Crippen molar-refractivity contribution in [3.63, 3.8) is 0 Å². The molecule has 3 aromatic rings. The van der Waals surface area contributed by atoms with Gasteiger partial charge in [-0.15, -0.1) is 0 Å². The van der Waals surface area contributed by atoms with Gasteiger partial charge >= 0.3 is 0 Å². The first kappa shape index (κ1) is 18.7. The van der Waals surface area contributed by atoms with Crippen LogP contribution in [0.3, 0.4) is 0 Å². The predicted molar refractivity (Wildman–Crippen MR) is 106 cm³/mol. The number of benzene rings is 2. The van der Waals surface area contributed by atoms with Crippen LogP contribution in [0, 0.1) is 11.7 Å². The lowest BCUT2D eigenvalue weighted by atomic mass is 10.1. The number of hydrogen-bond acceptors (Lipinski definition) is 5. The van der Waals surface area contributed by atoms with Gasteiger partial charge in [-0.2, -0.15) is 5.10 Å². The van der Waals surface area contributed by atoms with Crippen LogP contribution in [0.5, 0.6) is 11.5 Å². The van der Waals surface area contributed by atoms with Crippen molar-refractivity contribution in [3.05, 3.63) is 52.8 Å². The van der Waals surface area contributed by atoms with Gasteiger partial charge in [-0.25, -0.2) is 0 Å². The van der Waals surface area contributed by atoms with Gasteiger partial charge in [0.2, 0.25) is 5.91 Å². The fourth-order valence-corrected chi connectivity index (χ4v) is 2.92. The van der Waals surface area contributed by atoms with Crippen LogP contribution in [-0.2, 0) is 11.3 Å². The molecule has 7 nitrogen and oxygen atoms in total. The summed E-state index contributed by atoms with van der Waals surface area (Å²) >= 11 is 5.29. The number of ether oxygens (including phenoxy) is 2. The van der Waals surface area contributed by atoms with Crippen LogP contribution in [-0.4, -0.2) is 34.9 Å². The van der Waals surface area contributed by atoms with E-state index in [0.29, 0.717) is 27.8 Å². The van der Waals surface area contributed by atoms with E-state index in [1.807, 2.05) is 31.2 Å². The van der Waals surface area contributed by atoms with Crippen LogP contribution in [0.4, 0.5) is 5.69 Å². The molecule has 0 aliphatic heterocycles. The number of carbonyl (C=O) groups is 1. The van der Waals surface area contributed by atoms with E-state index < -0.39 is 0 Å². The molecule has 27 heavy (non-hydrogen) atoms. The Labute approximate surface area is 161 Å². The zero-order valence-corrected chi connectivity index (χ0v) is 16.1. The van der Waals surface area contributed by atoms with Crippen LogP contribution >= 0.6 is 12.2 Å². The summed E-state index contributed by atoms with van der Waals surface area (Å²) in [6.45, 7) is 2.03. The van der Waals surface area contributed by atoms with E-state index in [-0.39, 0.29) is 12.5 Å². The molecule has 0 aliphatic rings. The van der Waals surface area contributed by atoms with Crippen LogP contribution in [0.15, 0.2) is 42.5 Å². The maximum atomic E-state index is 12.5. The molecule has 1 amide bonds. The van der Waals surface area contributed by atoms with Crippen molar-refractivity contribution in [2.24, 2.45) is 0 Å². The van der Waals surface area contributed by atoms with Crippen LogP contribution < -0.4 is 14.8 Å². The number of hydrogen-bond donors (Lipinski definition) is 2. The van der Waals surface area contributed by atoms with Gasteiger partial charge < -0.3 is 14.8 Å². The first-order valence-electron chi connectivity index (χ1n) is 8.26. The number of anilines is 1. The molecule has 0 atom stereocenters. The summed E-state index contributed by atoms with van der Waals surface area (Å²) in [5.41, 5.74) is 2.59. The second-order valence-electron chi connectivity index (χ2n) is 5.93. The zero-order valence-electron chi connectivity index (χ0n) is 15.3. The number of nitrogens with one attached hydrogen (secondary N) is 2. The first-order chi connectivity index (χ1) is 13.0. The standard InChI is InChI=1S/C19H20N4O3S/c1-12-5-4-6-13(9-12)18-21-22-19(27)23(18)11-17(24)20-14-7-8-15(25-2)16(10-14)26-3/h4-10H,11H2,1-3H3,(H,20,24)(H,22,27). The molecular weight excluding hydrogens is 364 g/mol. The molecule has 0 spiro atoms. The Kier molecular flexibility index (Phi) is 5.56. The first-order valence-corrected chi connectivity index (χ1v) is 8.66. The number of nitrogens with zero attached hydrogens (tertiary/aromatic N) is 2. The number of methoxy groups -OCH3 is 2. The number of aromatic amines is 1. The molecule has 0 radical (unpaired) electrons. The highest BCUT2D eigenvalue weighted by Gasteiger charge is 2.13. The van der Waals surface area contributed by atoms with Gasteiger partial charge in [-0.1, -0.05) is 23.8 Å². The number of carbonyl (C=O) groups excluding carboxylic acids is 1. The topological polar surface area (TPSA) is 81.2 Å². The van der Waals surface area contributed by atoms with Gasteiger partial charge in [-0.3, -0.25) is 14.5 Å². The van der Waals surface area contributed by atoms with E-state index in [4.69, 9.17) is 21.7 Å². The lowest BCUT2D eigenvalue weighted by Crippen LogP contribution is -2.19. The second-order valence-corrected chi connectivity index (χ2v) is 6.31. The van der Waals surface area contributed by atoms with Crippen molar-refractivity contribution in [1.82, 2.24) is 14.8 Å². The number of amides is 1. The molecule has 1 aromatic heterocycles. The van der Waals surface area contributed by atoms with Crippen molar-refractivity contribution in [2.75, 3.05) is 19.5 Å². The Morgan fingerprint density at radius 2 is 1.96 bits per heavy atom. The summed E-state index contributed by atoms with van der Waals surface area (Å²) in [6, 6.07) is 13.0. The Bertz CT molecular complexity index is 1030. The smallest absolute Gasteiger partial charge is 0.244 e. The van der Waals surface area contributed by atoms with Crippen LogP contribution in [0.2, 0.25) is 0 Å². The largest absolute Gasteiger partial charge is 0.493 e. The van der Waals surface area contributed by atoms with Crippen LogP contribution in [0.25, 0.3) is 11.4 Å². The monoisotopic (exact) mass is 384 g/mol. The molecule has 0 fully saturated rings. The highest BCUT2D eigenvalue weighted by molar-refractivity contribution is 7.71. The number of H-pyrrole nitrogens is 1. The van der Waals surface area contributed by atoms with Gasteiger partial charge in [0, 0.05) is 17.3 Å². The molecule has 0 bridgehead atoms. The Hall–Kier alpha value is -3.13. The molecule has 0 saturated carbocycles. The third-order valence-electron chi connectivity index (χ3n) is 4.00. The Morgan fingerprint density at radius 1 is 1.19 bits per heavy atom.